The average Bonchev–Trinajstić information content (AvgIpc) is 3.82. The maximum atomic E-state index is 13.6. The molecule has 1 amide bonds. The number of hydrogen-bond donors (Lipinski definition) is 0. The number of halogens is 1. The molecule has 0 bridgehead atoms. The number of likely N-dealkylation sites (tertiary alicyclic amines) is 1. The third kappa shape index (κ3) is 5.03. The Morgan fingerprint density at radius 2 is 1.93 bits per heavy atom. The lowest BCUT2D eigenvalue weighted by atomic mass is 10.0. The molecule has 230 valence electrons. The predicted molar refractivity (Wildman–Crippen MR) is 169 cm³/mol. The first-order valence-electron chi connectivity index (χ1n) is 14.9. The van der Waals surface area contributed by atoms with Crippen LogP contribution in [0.1, 0.15) is 41.3 Å². The van der Waals surface area contributed by atoms with Crippen LogP contribution < -0.4 is 4.90 Å². The maximum absolute atomic E-state index is 13.6. The van der Waals surface area contributed by atoms with E-state index >= 15 is 0 Å². The number of benzene rings is 1. The highest BCUT2D eigenvalue weighted by Crippen LogP contribution is 2.46. The summed E-state index contributed by atoms with van der Waals surface area (Å²) in [6, 6.07) is 10.5. The average molecular weight is 643 g/mol. The molecule has 1 aromatic carbocycles. The van der Waals surface area contributed by atoms with Crippen LogP contribution in [0.2, 0.25) is 0 Å². The first kappa shape index (κ1) is 29.3. The van der Waals surface area contributed by atoms with Crippen molar-refractivity contribution in [2.45, 2.75) is 38.3 Å². The zero-order valence-electron chi connectivity index (χ0n) is 25.1. The first-order valence-corrected chi connectivity index (χ1v) is 16.6. The molecule has 0 spiro atoms. The van der Waals surface area contributed by atoms with Gasteiger partial charge in [-0.25, -0.2) is 14.4 Å². The van der Waals surface area contributed by atoms with Gasteiger partial charge in [0.2, 0.25) is 10.9 Å². The molecule has 0 N–H and O–H groups in total. The molecule has 3 aromatic heterocycles. The number of fused-ring (bicyclic) bond motifs is 2. The van der Waals surface area contributed by atoms with Crippen molar-refractivity contribution in [3.05, 3.63) is 57.4 Å². The molecule has 2 fully saturated rings. The fraction of sp³-hybridized carbons (Fsp3) is 0.419. The van der Waals surface area contributed by atoms with E-state index in [1.165, 1.54) is 29.2 Å². The van der Waals surface area contributed by atoms with Crippen molar-refractivity contribution in [1.29, 1.82) is 10.5 Å². The Morgan fingerprint density at radius 1 is 1.16 bits per heavy atom. The number of hydrogen-bond acceptors (Lipinski definition) is 11. The lowest BCUT2D eigenvalue weighted by molar-refractivity contribution is -0.138. The first-order chi connectivity index (χ1) is 21.8. The van der Waals surface area contributed by atoms with E-state index in [-0.39, 0.29) is 29.7 Å². The molecule has 0 aliphatic carbocycles. The van der Waals surface area contributed by atoms with Crippen molar-refractivity contribution in [3.63, 3.8) is 0 Å². The largest absolute Gasteiger partial charge is 0.358 e. The zero-order chi connectivity index (χ0) is 31.4. The van der Waals surface area contributed by atoms with Gasteiger partial charge in [-0.3, -0.25) is 9.69 Å². The summed E-state index contributed by atoms with van der Waals surface area (Å²) in [5, 5.41) is 25.6. The van der Waals surface area contributed by atoms with Crippen LogP contribution in [-0.2, 0) is 11.2 Å². The highest BCUT2D eigenvalue weighted by molar-refractivity contribution is 7.17. The summed E-state index contributed by atoms with van der Waals surface area (Å²) < 4.78 is 15.4. The van der Waals surface area contributed by atoms with Crippen molar-refractivity contribution in [2.75, 3.05) is 45.2 Å². The molecule has 1 unspecified atom stereocenters. The summed E-state index contributed by atoms with van der Waals surface area (Å²) in [6.45, 7) is 4.32. The van der Waals surface area contributed by atoms with E-state index in [0.29, 0.717) is 47.3 Å². The third-order valence-electron chi connectivity index (χ3n) is 8.87. The number of aromatic nitrogens is 4. The standard InChI is InChI=1S/C31H31FN10OS2/c1-4-22-29(39(3)30-36-27(24(14-34)44-30)19-7-9-20(32)10-8-19)42-31(35-22)45-28(37-42)21-12-25(41-11-5-6-23(21)41)38(2)17-26(43)40-15-18(13-33)16-40/h6-10,18,21,25H,4-5,11-12,15-17H2,1-3H3/t21-,25?/m1/s1. The topological polar surface area (TPSA) is 121 Å². The van der Waals surface area contributed by atoms with E-state index in [9.17, 15) is 14.4 Å². The van der Waals surface area contributed by atoms with Gasteiger partial charge < -0.3 is 14.7 Å². The molecule has 45 heavy (non-hydrogen) atoms. The molecule has 7 rings (SSSR count). The zero-order valence-corrected chi connectivity index (χ0v) is 26.8. The van der Waals surface area contributed by atoms with Crippen LogP contribution in [0.5, 0.6) is 0 Å². The molecule has 4 aromatic rings. The van der Waals surface area contributed by atoms with Crippen LogP contribution >= 0.6 is 22.7 Å². The van der Waals surface area contributed by atoms with Gasteiger partial charge in [0.25, 0.3) is 0 Å². The van der Waals surface area contributed by atoms with Gasteiger partial charge in [0.1, 0.15) is 27.5 Å². The number of likely N-dealkylation sites (N-methyl/N-ethyl adjacent to an activating group) is 1. The van der Waals surface area contributed by atoms with Crippen LogP contribution in [0, 0.1) is 34.4 Å². The number of carbonyl (C=O) groups is 1. The number of aryl methyl sites for hydroxylation is 1. The van der Waals surface area contributed by atoms with Gasteiger partial charge in [-0.15, -0.1) is 0 Å². The SMILES string of the molecule is CCc1nc2sc([C@@H]3CC(N(C)CC(=O)N4CC(C#N)C4)N4CCC=C34)nn2c1N(C)c1nc(-c2ccc(F)cc2)c(C#N)s1. The molecular formula is C31H31FN10OS2. The Balaban J connectivity index is 1.16. The predicted octanol–water partition coefficient (Wildman–Crippen LogP) is 4.57. The van der Waals surface area contributed by atoms with Crippen molar-refractivity contribution in [3.8, 4) is 23.4 Å². The van der Waals surface area contributed by atoms with Crippen LogP contribution in [-0.4, -0.2) is 86.6 Å². The fourth-order valence-electron chi connectivity index (χ4n) is 6.48. The Hall–Kier alpha value is -4.37. The number of amides is 1. The number of rotatable bonds is 8. The molecule has 2 saturated heterocycles. The van der Waals surface area contributed by atoms with Gasteiger partial charge in [0, 0.05) is 37.9 Å². The number of carbonyl (C=O) groups excluding carboxylic acids is 1. The highest BCUT2D eigenvalue weighted by atomic mass is 32.1. The van der Waals surface area contributed by atoms with Gasteiger partial charge in [-0.1, -0.05) is 35.7 Å². The lowest BCUT2D eigenvalue weighted by Crippen LogP contribution is -2.54. The lowest BCUT2D eigenvalue weighted by Gasteiger charge is -2.38. The van der Waals surface area contributed by atoms with Gasteiger partial charge in [-0.05, 0) is 50.6 Å². The van der Waals surface area contributed by atoms with Crippen molar-refractivity contribution < 1.29 is 9.18 Å². The smallest absolute Gasteiger partial charge is 0.236 e. The minimum Gasteiger partial charge on any atom is -0.358 e. The van der Waals surface area contributed by atoms with E-state index in [0.717, 1.165) is 40.9 Å². The molecule has 0 radical (unpaired) electrons. The number of allylic oxidation sites excluding steroid dienone is 1. The summed E-state index contributed by atoms with van der Waals surface area (Å²) in [4.78, 5) is 32.1. The maximum Gasteiger partial charge on any atom is 0.236 e. The van der Waals surface area contributed by atoms with E-state index in [1.54, 1.807) is 28.4 Å². The molecule has 2 atom stereocenters. The van der Waals surface area contributed by atoms with E-state index in [4.69, 9.17) is 20.3 Å². The number of anilines is 2. The molecule has 6 heterocycles. The number of imidazole rings is 1. The molecule has 11 nitrogen and oxygen atoms in total. The molecule has 3 aliphatic heterocycles. The van der Waals surface area contributed by atoms with E-state index < -0.39 is 0 Å². The second-order valence-corrected chi connectivity index (χ2v) is 13.6. The number of nitriles is 2. The van der Waals surface area contributed by atoms with Crippen LogP contribution in [0.4, 0.5) is 15.3 Å². The normalized spacial score (nSPS) is 19.5. The Kier molecular flexibility index (Phi) is 7.52. The fourth-order valence-corrected chi connectivity index (χ4v) is 8.37. The van der Waals surface area contributed by atoms with Crippen molar-refractivity contribution in [1.82, 2.24) is 34.3 Å². The quantitative estimate of drug-likeness (QED) is 0.272. The second kappa shape index (κ2) is 11.5. The van der Waals surface area contributed by atoms with Gasteiger partial charge in [0.05, 0.1) is 36.3 Å². The minimum absolute atomic E-state index is 0.0509. The summed E-state index contributed by atoms with van der Waals surface area (Å²) in [7, 11) is 3.91. The summed E-state index contributed by atoms with van der Waals surface area (Å²) >= 11 is 2.86. The summed E-state index contributed by atoms with van der Waals surface area (Å²) in [6.07, 6.45) is 4.84. The van der Waals surface area contributed by atoms with Crippen molar-refractivity contribution in [2.24, 2.45) is 5.92 Å². The van der Waals surface area contributed by atoms with Crippen molar-refractivity contribution >= 4 is 44.5 Å². The summed E-state index contributed by atoms with van der Waals surface area (Å²) in [5.74, 6) is 0.565. The van der Waals surface area contributed by atoms with Gasteiger partial charge in [-0.2, -0.15) is 20.1 Å². The third-order valence-corrected chi connectivity index (χ3v) is 10.9. The minimum atomic E-state index is -0.343. The molecule has 3 aliphatic rings. The molecule has 14 heteroatoms. The Bertz CT molecular complexity index is 1890. The second-order valence-electron chi connectivity index (χ2n) is 11.6. The number of nitrogens with zero attached hydrogens (tertiary/aromatic N) is 10. The number of thiazole rings is 1. The van der Waals surface area contributed by atoms with Gasteiger partial charge in [0.15, 0.2) is 10.9 Å². The Morgan fingerprint density at radius 3 is 2.64 bits per heavy atom. The monoisotopic (exact) mass is 642 g/mol. The van der Waals surface area contributed by atoms with E-state index in [2.05, 4.69) is 34.9 Å². The summed E-state index contributed by atoms with van der Waals surface area (Å²) in [5.41, 5.74) is 3.34. The van der Waals surface area contributed by atoms with Crippen LogP contribution in [0.15, 0.2) is 36.0 Å². The van der Waals surface area contributed by atoms with Gasteiger partial charge >= 0.3 is 0 Å². The highest BCUT2D eigenvalue weighted by Gasteiger charge is 2.43. The van der Waals surface area contributed by atoms with E-state index in [1.807, 2.05) is 23.5 Å². The molecule has 0 saturated carbocycles. The van der Waals surface area contributed by atoms with Crippen LogP contribution in [0.3, 0.4) is 0 Å². The van der Waals surface area contributed by atoms with Crippen LogP contribution in [0.25, 0.3) is 16.2 Å². The Labute approximate surface area is 268 Å². The molecular weight excluding hydrogens is 612 g/mol.